The molecule has 0 aliphatic heterocycles. The van der Waals surface area contributed by atoms with Crippen molar-refractivity contribution in [3.05, 3.63) is 59.2 Å². The number of unbranched alkanes of at least 4 members (excludes halogenated alkanes) is 2. The van der Waals surface area contributed by atoms with Gasteiger partial charge in [-0.25, -0.2) is 0 Å². The van der Waals surface area contributed by atoms with Crippen LogP contribution in [0.5, 0.6) is 11.5 Å². The van der Waals surface area contributed by atoms with Crippen molar-refractivity contribution in [3.8, 4) is 11.5 Å². The molecule has 3 rings (SSSR count). The summed E-state index contributed by atoms with van der Waals surface area (Å²) in [6.07, 6.45) is 5.06. The van der Waals surface area contributed by atoms with Gasteiger partial charge in [-0.3, -0.25) is 14.4 Å². The smallest absolute Gasteiger partial charge is 0.173 e. The number of hydrogen-bond donors (Lipinski definition) is 0. The average molecular weight is 423 g/mol. The first-order valence-electron chi connectivity index (χ1n) is 10.9. The first-order valence-corrected chi connectivity index (χ1v) is 10.9. The molecule has 164 valence electrons. The second kappa shape index (κ2) is 10.9. The van der Waals surface area contributed by atoms with Crippen LogP contribution in [0.15, 0.2) is 42.5 Å². The van der Waals surface area contributed by atoms with Crippen molar-refractivity contribution in [2.24, 2.45) is 5.92 Å². The Morgan fingerprint density at radius 1 is 0.935 bits per heavy atom. The van der Waals surface area contributed by atoms with E-state index in [4.69, 9.17) is 9.47 Å². The van der Waals surface area contributed by atoms with Crippen molar-refractivity contribution in [3.63, 3.8) is 0 Å². The van der Waals surface area contributed by atoms with Crippen LogP contribution in [0.2, 0.25) is 0 Å². The lowest BCUT2D eigenvalue weighted by molar-refractivity contribution is -0.121. The topological polar surface area (TPSA) is 69.7 Å². The largest absolute Gasteiger partial charge is 0.493 e. The molecule has 0 radical (unpaired) electrons. The van der Waals surface area contributed by atoms with Crippen LogP contribution < -0.4 is 9.47 Å². The zero-order chi connectivity index (χ0) is 22.2. The molecule has 1 unspecified atom stereocenters. The van der Waals surface area contributed by atoms with Crippen LogP contribution in [0.3, 0.4) is 0 Å². The fourth-order valence-electron chi connectivity index (χ4n) is 4.13. The van der Waals surface area contributed by atoms with E-state index in [2.05, 4.69) is 0 Å². The SMILES string of the molecule is COc1cc2c(cc1OC)C(=O)C(CCCCCC(=O)CCc1ccccc1)C(=O)C2. The summed E-state index contributed by atoms with van der Waals surface area (Å²) in [5.74, 6) is 0.520. The lowest BCUT2D eigenvalue weighted by Gasteiger charge is -2.23. The molecule has 0 saturated heterocycles. The van der Waals surface area contributed by atoms with Gasteiger partial charge >= 0.3 is 0 Å². The van der Waals surface area contributed by atoms with Crippen molar-refractivity contribution < 1.29 is 23.9 Å². The highest BCUT2D eigenvalue weighted by atomic mass is 16.5. The molecule has 1 aliphatic carbocycles. The number of aryl methyl sites for hydroxylation is 1. The highest BCUT2D eigenvalue weighted by Gasteiger charge is 2.34. The first-order chi connectivity index (χ1) is 15.0. The van der Waals surface area contributed by atoms with E-state index in [0.29, 0.717) is 41.9 Å². The highest BCUT2D eigenvalue weighted by Crippen LogP contribution is 2.35. The third kappa shape index (κ3) is 5.81. The summed E-state index contributed by atoms with van der Waals surface area (Å²) >= 11 is 0. The van der Waals surface area contributed by atoms with E-state index < -0.39 is 5.92 Å². The van der Waals surface area contributed by atoms with Crippen molar-refractivity contribution in [1.29, 1.82) is 0 Å². The zero-order valence-corrected chi connectivity index (χ0v) is 18.3. The number of fused-ring (bicyclic) bond motifs is 1. The molecule has 0 amide bonds. The number of rotatable bonds is 11. The van der Waals surface area contributed by atoms with Gasteiger partial charge in [-0.15, -0.1) is 0 Å². The monoisotopic (exact) mass is 422 g/mol. The summed E-state index contributed by atoms with van der Waals surface area (Å²) in [5.41, 5.74) is 2.44. The van der Waals surface area contributed by atoms with Crippen LogP contribution in [0, 0.1) is 5.92 Å². The number of ketones is 3. The fourth-order valence-corrected chi connectivity index (χ4v) is 4.13. The number of Topliss-reactive ketones (excluding diaryl/α,β-unsaturated/α-hetero) is 3. The van der Waals surface area contributed by atoms with Crippen molar-refractivity contribution in [2.45, 2.75) is 51.4 Å². The van der Waals surface area contributed by atoms with Crippen molar-refractivity contribution in [2.75, 3.05) is 14.2 Å². The Labute approximate surface area is 183 Å². The lowest BCUT2D eigenvalue weighted by atomic mass is 9.79. The van der Waals surface area contributed by atoms with Gasteiger partial charge < -0.3 is 9.47 Å². The minimum absolute atomic E-state index is 0.0383. The molecule has 2 aromatic carbocycles. The Balaban J connectivity index is 1.45. The van der Waals surface area contributed by atoms with E-state index in [0.717, 1.165) is 25.7 Å². The maximum atomic E-state index is 12.9. The van der Waals surface area contributed by atoms with Gasteiger partial charge in [0.15, 0.2) is 17.3 Å². The van der Waals surface area contributed by atoms with Gasteiger partial charge in [0.1, 0.15) is 11.6 Å². The number of ether oxygens (including phenoxy) is 2. The molecule has 0 bridgehead atoms. The Bertz CT molecular complexity index is 932. The molecule has 0 spiro atoms. The molecule has 5 heteroatoms. The van der Waals surface area contributed by atoms with E-state index in [1.54, 1.807) is 12.1 Å². The minimum atomic E-state index is -0.598. The third-order valence-electron chi connectivity index (χ3n) is 5.93. The van der Waals surface area contributed by atoms with Gasteiger partial charge in [0.2, 0.25) is 0 Å². The zero-order valence-electron chi connectivity index (χ0n) is 18.3. The molecule has 0 aromatic heterocycles. The summed E-state index contributed by atoms with van der Waals surface area (Å²) < 4.78 is 10.6. The van der Waals surface area contributed by atoms with E-state index in [-0.39, 0.29) is 23.8 Å². The van der Waals surface area contributed by atoms with E-state index in [9.17, 15) is 14.4 Å². The molecular weight excluding hydrogens is 392 g/mol. The number of hydrogen-bond acceptors (Lipinski definition) is 5. The number of carbonyl (C=O) groups excluding carboxylic acids is 3. The fraction of sp³-hybridized carbons (Fsp3) is 0.423. The summed E-state index contributed by atoms with van der Waals surface area (Å²) in [7, 11) is 3.06. The average Bonchev–Trinajstić information content (AvgIpc) is 2.79. The molecule has 31 heavy (non-hydrogen) atoms. The highest BCUT2D eigenvalue weighted by molar-refractivity contribution is 6.15. The summed E-state index contributed by atoms with van der Waals surface area (Å²) in [4.78, 5) is 37.6. The van der Waals surface area contributed by atoms with Crippen LogP contribution in [0.1, 0.15) is 60.0 Å². The molecule has 0 heterocycles. The Morgan fingerprint density at radius 3 is 2.35 bits per heavy atom. The summed E-state index contributed by atoms with van der Waals surface area (Å²) in [6.45, 7) is 0. The molecule has 0 fully saturated rings. The van der Waals surface area contributed by atoms with Crippen LogP contribution >= 0.6 is 0 Å². The molecule has 0 saturated carbocycles. The quantitative estimate of drug-likeness (QED) is 0.385. The second-order valence-corrected chi connectivity index (χ2v) is 8.05. The predicted octanol–water partition coefficient (Wildman–Crippen LogP) is 4.78. The van der Waals surface area contributed by atoms with Crippen LogP contribution in [0.25, 0.3) is 0 Å². The van der Waals surface area contributed by atoms with Crippen LogP contribution in [0.4, 0.5) is 0 Å². The Kier molecular flexibility index (Phi) is 7.99. The molecule has 1 atom stereocenters. The van der Waals surface area contributed by atoms with E-state index >= 15 is 0 Å². The van der Waals surface area contributed by atoms with Crippen LogP contribution in [-0.4, -0.2) is 31.6 Å². The predicted molar refractivity (Wildman–Crippen MR) is 119 cm³/mol. The maximum Gasteiger partial charge on any atom is 0.173 e. The maximum absolute atomic E-state index is 12.9. The van der Waals surface area contributed by atoms with Crippen molar-refractivity contribution >= 4 is 17.3 Å². The molecule has 1 aliphatic rings. The molecule has 2 aromatic rings. The standard InChI is InChI=1S/C26H30O5/c1-30-24-16-19-15-23(28)21(26(29)22(19)17-25(24)31-2)12-8-4-7-11-20(27)14-13-18-9-5-3-6-10-18/h3,5-6,9-10,16-17,21H,4,7-8,11-15H2,1-2H3. The van der Waals surface area contributed by atoms with Gasteiger partial charge in [-0.05, 0) is 42.5 Å². The third-order valence-corrected chi connectivity index (χ3v) is 5.93. The minimum Gasteiger partial charge on any atom is -0.493 e. The normalized spacial score (nSPS) is 15.5. The molecule has 0 N–H and O–H groups in total. The van der Waals surface area contributed by atoms with Gasteiger partial charge in [0, 0.05) is 24.8 Å². The first kappa shape index (κ1) is 22.7. The molecule has 5 nitrogen and oxygen atoms in total. The van der Waals surface area contributed by atoms with Gasteiger partial charge in [-0.2, -0.15) is 0 Å². The second-order valence-electron chi connectivity index (χ2n) is 8.05. The summed E-state index contributed by atoms with van der Waals surface area (Å²) in [6, 6.07) is 13.4. The Morgan fingerprint density at radius 2 is 1.65 bits per heavy atom. The summed E-state index contributed by atoms with van der Waals surface area (Å²) in [5, 5.41) is 0. The Hall–Kier alpha value is -2.95. The van der Waals surface area contributed by atoms with Crippen molar-refractivity contribution in [1.82, 2.24) is 0 Å². The van der Waals surface area contributed by atoms with Gasteiger partial charge in [0.05, 0.1) is 20.1 Å². The van der Waals surface area contributed by atoms with E-state index in [1.807, 2.05) is 30.3 Å². The number of methoxy groups -OCH3 is 2. The lowest BCUT2D eigenvalue weighted by Crippen LogP contribution is -2.31. The van der Waals surface area contributed by atoms with E-state index in [1.165, 1.54) is 19.8 Å². The van der Waals surface area contributed by atoms with Gasteiger partial charge in [0.25, 0.3) is 0 Å². The van der Waals surface area contributed by atoms with Gasteiger partial charge in [-0.1, -0.05) is 43.2 Å². The molecular formula is C26H30O5. The number of carbonyl (C=O) groups is 3. The van der Waals surface area contributed by atoms with Crippen LogP contribution in [-0.2, 0) is 22.4 Å². The number of benzene rings is 2.